The molecule has 0 aliphatic carbocycles. The lowest BCUT2D eigenvalue weighted by molar-refractivity contribution is -0.138. The van der Waals surface area contributed by atoms with Crippen molar-refractivity contribution in [3.8, 4) is 0 Å². The Bertz CT molecular complexity index is 1120. The van der Waals surface area contributed by atoms with Gasteiger partial charge >= 0.3 is 5.97 Å². The molecule has 1 atom stereocenters. The van der Waals surface area contributed by atoms with Crippen molar-refractivity contribution in [2.75, 3.05) is 4.90 Å². The highest BCUT2D eigenvalue weighted by molar-refractivity contribution is 8.01. The van der Waals surface area contributed by atoms with Crippen LogP contribution in [0.5, 0.6) is 0 Å². The van der Waals surface area contributed by atoms with Gasteiger partial charge in [0.25, 0.3) is 0 Å². The Labute approximate surface area is 177 Å². The molecule has 0 fully saturated rings. The van der Waals surface area contributed by atoms with Gasteiger partial charge in [0.2, 0.25) is 5.91 Å². The Morgan fingerprint density at radius 3 is 2.82 bits per heavy atom. The number of anilines is 1. The lowest BCUT2D eigenvalue weighted by Gasteiger charge is -2.33. The Hall–Kier alpha value is -1.87. The fraction of sp³-hybridized carbons (Fsp3) is 0.167. The van der Waals surface area contributed by atoms with Gasteiger partial charge in [0.15, 0.2) is 0 Å². The molecule has 0 saturated heterocycles. The number of benzene rings is 2. The summed E-state index contributed by atoms with van der Waals surface area (Å²) < 4.78 is 14.2. The molecule has 144 valence electrons. The third-order valence-electron chi connectivity index (χ3n) is 4.13. The van der Waals surface area contributed by atoms with Gasteiger partial charge in [0.1, 0.15) is 10.8 Å². The predicted molar refractivity (Wildman–Crippen MR) is 109 cm³/mol. The molecule has 1 aliphatic heterocycles. The normalized spacial score (nSPS) is 16.5. The van der Waals surface area contributed by atoms with Crippen molar-refractivity contribution < 1.29 is 19.1 Å². The van der Waals surface area contributed by atoms with E-state index in [0.717, 1.165) is 16.5 Å². The summed E-state index contributed by atoms with van der Waals surface area (Å²) in [6.45, 7) is 0.111. The van der Waals surface area contributed by atoms with E-state index in [0.29, 0.717) is 31.2 Å². The van der Waals surface area contributed by atoms with Crippen LogP contribution >= 0.6 is 46.3 Å². The van der Waals surface area contributed by atoms with Crippen LogP contribution in [0.25, 0.3) is 10.2 Å². The molecule has 0 radical (unpaired) electrons. The van der Waals surface area contributed by atoms with Crippen molar-refractivity contribution in [1.29, 1.82) is 0 Å². The number of thioether (sulfide) groups is 1. The number of aliphatic carboxylic acids is 1. The topological polar surface area (TPSA) is 70.5 Å². The van der Waals surface area contributed by atoms with E-state index in [9.17, 15) is 14.0 Å². The Morgan fingerprint density at radius 1 is 1.29 bits per heavy atom. The average molecular weight is 457 g/mol. The number of halogens is 3. The van der Waals surface area contributed by atoms with Gasteiger partial charge in [-0.15, -0.1) is 23.1 Å². The lowest BCUT2D eigenvalue weighted by Crippen LogP contribution is -2.41. The summed E-state index contributed by atoms with van der Waals surface area (Å²) >= 11 is 14.9. The van der Waals surface area contributed by atoms with Crippen LogP contribution < -0.4 is 4.90 Å². The van der Waals surface area contributed by atoms with Crippen molar-refractivity contribution >= 4 is 74.1 Å². The average Bonchev–Trinajstić information content (AvgIpc) is 3.00. The highest BCUT2D eigenvalue weighted by atomic mass is 35.5. The first kappa shape index (κ1) is 19.4. The number of hydrogen-bond donors (Lipinski definition) is 1. The minimum Gasteiger partial charge on any atom is -0.481 e. The Kier molecular flexibility index (Phi) is 5.22. The van der Waals surface area contributed by atoms with Crippen LogP contribution in [0.3, 0.4) is 0 Å². The summed E-state index contributed by atoms with van der Waals surface area (Å²) in [7, 11) is 0. The number of fused-ring (bicyclic) bond motifs is 2. The summed E-state index contributed by atoms with van der Waals surface area (Å²) in [6.07, 6.45) is -0.330. The van der Waals surface area contributed by atoms with E-state index >= 15 is 0 Å². The molecule has 3 aromatic rings. The first-order chi connectivity index (χ1) is 13.3. The molecule has 0 saturated carbocycles. The van der Waals surface area contributed by atoms with E-state index in [-0.39, 0.29) is 24.7 Å². The maximum atomic E-state index is 13.4. The minimum atomic E-state index is -1.07. The molecular formula is C18H11Cl2FN2O3S2. The van der Waals surface area contributed by atoms with Gasteiger partial charge in [-0.1, -0.05) is 23.2 Å². The number of carbonyl (C=O) groups excluding carboxylic acids is 1. The number of carbonyl (C=O) groups is 2. The summed E-state index contributed by atoms with van der Waals surface area (Å²) in [6, 6.07) is 7.50. The number of carboxylic acids is 1. The van der Waals surface area contributed by atoms with Gasteiger partial charge in [-0.3, -0.25) is 9.59 Å². The molecule has 10 heteroatoms. The fourth-order valence-corrected chi connectivity index (χ4v) is 5.70. The largest absolute Gasteiger partial charge is 0.481 e. The first-order valence-corrected chi connectivity index (χ1v) is 10.5. The van der Waals surface area contributed by atoms with Crippen LogP contribution in [0, 0.1) is 5.82 Å². The van der Waals surface area contributed by atoms with Crippen molar-refractivity contribution in [3.63, 3.8) is 0 Å². The number of thiazole rings is 1. The molecule has 1 N–H and O–H groups in total. The van der Waals surface area contributed by atoms with E-state index in [4.69, 9.17) is 28.3 Å². The molecule has 1 aliphatic rings. The molecule has 0 bridgehead atoms. The van der Waals surface area contributed by atoms with Crippen LogP contribution in [-0.2, 0) is 16.1 Å². The predicted octanol–water partition coefficient (Wildman–Crippen LogP) is 5.22. The second-order valence-electron chi connectivity index (χ2n) is 6.08. The standard InChI is InChI=1S/C18H11Cl2FN2O3S2/c19-8-3-10(20)17-12(4-8)23(18(26)14(28-17)6-16(24)25)7-15-22-11-5-9(21)1-2-13(11)27-15/h1-5,14H,6-7H2,(H,24,25). The van der Waals surface area contributed by atoms with E-state index in [2.05, 4.69) is 4.98 Å². The molecule has 1 amide bonds. The Balaban J connectivity index is 1.76. The highest BCUT2D eigenvalue weighted by Gasteiger charge is 2.36. The lowest BCUT2D eigenvalue weighted by atomic mass is 10.2. The number of nitrogens with zero attached hydrogens (tertiary/aromatic N) is 2. The van der Waals surface area contributed by atoms with Crippen LogP contribution in [0.15, 0.2) is 35.2 Å². The molecule has 2 aromatic carbocycles. The summed E-state index contributed by atoms with van der Waals surface area (Å²) in [5.41, 5.74) is 1.02. The van der Waals surface area contributed by atoms with Gasteiger partial charge in [0, 0.05) is 11.1 Å². The molecule has 2 heterocycles. The number of aromatic nitrogens is 1. The molecular weight excluding hydrogens is 446 g/mol. The minimum absolute atomic E-state index is 0.111. The SMILES string of the molecule is O=C(O)CC1Sc2c(Cl)cc(Cl)cc2N(Cc2nc3cc(F)ccc3s2)C1=O. The van der Waals surface area contributed by atoms with E-state index in [1.807, 2.05) is 0 Å². The zero-order valence-electron chi connectivity index (χ0n) is 14.0. The van der Waals surface area contributed by atoms with Crippen molar-refractivity contribution in [1.82, 2.24) is 4.98 Å². The zero-order chi connectivity index (χ0) is 20.0. The van der Waals surface area contributed by atoms with Crippen LogP contribution in [0.4, 0.5) is 10.1 Å². The molecule has 4 rings (SSSR count). The van der Waals surface area contributed by atoms with Crippen molar-refractivity contribution in [3.05, 3.63) is 51.2 Å². The van der Waals surface area contributed by atoms with Gasteiger partial charge in [-0.25, -0.2) is 9.37 Å². The zero-order valence-corrected chi connectivity index (χ0v) is 17.1. The van der Waals surface area contributed by atoms with Gasteiger partial charge in [0.05, 0.1) is 44.0 Å². The van der Waals surface area contributed by atoms with Crippen LogP contribution in [0.1, 0.15) is 11.4 Å². The van der Waals surface area contributed by atoms with Gasteiger partial charge < -0.3 is 10.0 Å². The van der Waals surface area contributed by atoms with E-state index in [1.54, 1.807) is 18.2 Å². The molecule has 28 heavy (non-hydrogen) atoms. The summed E-state index contributed by atoms with van der Waals surface area (Å²) in [4.78, 5) is 30.6. The second kappa shape index (κ2) is 7.51. The second-order valence-corrected chi connectivity index (χ2v) is 9.26. The van der Waals surface area contributed by atoms with Crippen LogP contribution in [-0.4, -0.2) is 27.2 Å². The highest BCUT2D eigenvalue weighted by Crippen LogP contribution is 2.46. The maximum absolute atomic E-state index is 13.4. The fourth-order valence-electron chi connectivity index (χ4n) is 2.95. The smallest absolute Gasteiger partial charge is 0.305 e. The number of amides is 1. The van der Waals surface area contributed by atoms with Gasteiger partial charge in [-0.05, 0) is 24.3 Å². The Morgan fingerprint density at radius 2 is 2.07 bits per heavy atom. The van der Waals surface area contributed by atoms with Crippen LogP contribution in [0.2, 0.25) is 10.0 Å². The molecule has 5 nitrogen and oxygen atoms in total. The quantitative estimate of drug-likeness (QED) is 0.582. The number of carboxylic acid groups (broad SMARTS) is 1. The number of hydrogen-bond acceptors (Lipinski definition) is 5. The van der Waals surface area contributed by atoms with Crippen molar-refractivity contribution in [2.24, 2.45) is 0 Å². The first-order valence-electron chi connectivity index (χ1n) is 8.05. The third-order valence-corrected chi connectivity index (χ3v) is 7.10. The molecule has 1 aromatic heterocycles. The molecule has 0 spiro atoms. The summed E-state index contributed by atoms with van der Waals surface area (Å²) in [5, 5.41) is 9.66. The number of rotatable bonds is 4. The van der Waals surface area contributed by atoms with Crippen molar-refractivity contribution in [2.45, 2.75) is 23.1 Å². The molecule has 1 unspecified atom stereocenters. The monoisotopic (exact) mass is 456 g/mol. The summed E-state index contributed by atoms with van der Waals surface area (Å²) in [5.74, 6) is -1.82. The maximum Gasteiger partial charge on any atom is 0.305 e. The van der Waals surface area contributed by atoms with E-state index < -0.39 is 11.2 Å². The van der Waals surface area contributed by atoms with Gasteiger partial charge in [-0.2, -0.15) is 0 Å². The third kappa shape index (κ3) is 3.69. The van der Waals surface area contributed by atoms with E-state index in [1.165, 1.54) is 28.4 Å².